The molecule has 0 aliphatic carbocycles. The number of nitrogens with one attached hydrogen (secondary N) is 2. The highest BCUT2D eigenvalue weighted by molar-refractivity contribution is 9.10. The fourth-order valence-corrected chi connectivity index (χ4v) is 2.48. The first-order chi connectivity index (χ1) is 12.9. The highest BCUT2D eigenvalue weighted by Crippen LogP contribution is 2.20. The van der Waals surface area contributed by atoms with Gasteiger partial charge >= 0.3 is 5.91 Å². The first-order valence-electron chi connectivity index (χ1n) is 7.61. The van der Waals surface area contributed by atoms with Gasteiger partial charge in [-0.1, -0.05) is 22.0 Å². The Bertz CT molecular complexity index is 978. The van der Waals surface area contributed by atoms with Crippen molar-refractivity contribution in [2.45, 2.75) is 6.61 Å². The number of halogens is 4. The maximum absolute atomic E-state index is 13.5. The Morgan fingerprint density at radius 2 is 1.89 bits per heavy atom. The van der Waals surface area contributed by atoms with E-state index in [9.17, 15) is 18.0 Å². The lowest BCUT2D eigenvalue weighted by molar-refractivity contribution is 0.0931. The molecule has 0 spiro atoms. The number of benzene rings is 2. The highest BCUT2D eigenvalue weighted by Gasteiger charge is 2.15. The predicted octanol–water partition coefficient (Wildman–Crippen LogP) is 4.80. The number of hydrazine groups is 1. The first kappa shape index (κ1) is 18.8. The monoisotopic (exact) mass is 440 g/mol. The van der Waals surface area contributed by atoms with Crippen LogP contribution in [0.1, 0.15) is 16.3 Å². The van der Waals surface area contributed by atoms with Crippen molar-refractivity contribution in [3.8, 4) is 5.75 Å². The van der Waals surface area contributed by atoms with Crippen LogP contribution >= 0.6 is 15.9 Å². The van der Waals surface area contributed by atoms with E-state index in [-0.39, 0.29) is 12.4 Å². The number of hydrogen-bond donors (Lipinski definition) is 2. The van der Waals surface area contributed by atoms with Gasteiger partial charge in [-0.25, -0.2) is 13.2 Å². The molecule has 3 aromatic rings. The summed E-state index contributed by atoms with van der Waals surface area (Å²) in [7, 11) is 0. The summed E-state index contributed by atoms with van der Waals surface area (Å²) >= 11 is 3.33. The number of amides is 1. The molecule has 0 unspecified atom stereocenters. The predicted molar refractivity (Wildman–Crippen MR) is 94.6 cm³/mol. The summed E-state index contributed by atoms with van der Waals surface area (Å²) in [5.74, 6) is -4.21. The molecular weight excluding hydrogens is 429 g/mol. The summed E-state index contributed by atoms with van der Waals surface area (Å²) in [6.45, 7) is 0.0922. The van der Waals surface area contributed by atoms with Gasteiger partial charge in [-0.05, 0) is 42.5 Å². The molecule has 0 bridgehead atoms. The van der Waals surface area contributed by atoms with Crippen LogP contribution in [0.3, 0.4) is 0 Å². The molecule has 0 saturated carbocycles. The molecule has 3 rings (SSSR count). The number of ether oxygens (including phenoxy) is 1. The normalized spacial score (nSPS) is 10.5. The smallest absolute Gasteiger partial charge is 0.305 e. The molecule has 0 fully saturated rings. The van der Waals surface area contributed by atoms with Crippen molar-refractivity contribution in [1.82, 2.24) is 5.43 Å². The van der Waals surface area contributed by atoms with Crippen LogP contribution in [0.25, 0.3) is 0 Å². The number of furan rings is 1. The molecule has 1 heterocycles. The molecule has 0 radical (unpaired) electrons. The molecular formula is C18H12BrF3N2O3. The van der Waals surface area contributed by atoms with Crippen molar-refractivity contribution >= 4 is 27.5 Å². The zero-order valence-corrected chi connectivity index (χ0v) is 15.1. The lowest BCUT2D eigenvalue weighted by atomic mass is 10.3. The van der Waals surface area contributed by atoms with Gasteiger partial charge in [0.2, 0.25) is 0 Å². The van der Waals surface area contributed by atoms with Crippen LogP contribution in [-0.4, -0.2) is 5.91 Å². The zero-order chi connectivity index (χ0) is 19.4. The SMILES string of the molecule is O=C(NNc1ccc(F)c(F)c1F)c1ccc(COc2cccc(Br)c2)o1. The number of carbonyl (C=O) groups is 1. The largest absolute Gasteiger partial charge is 0.486 e. The number of carbonyl (C=O) groups excluding carboxylic acids is 1. The lowest BCUT2D eigenvalue weighted by Crippen LogP contribution is -2.29. The van der Waals surface area contributed by atoms with E-state index in [0.29, 0.717) is 11.5 Å². The third-order valence-electron chi connectivity index (χ3n) is 3.41. The molecule has 0 atom stereocenters. The fraction of sp³-hybridized carbons (Fsp3) is 0.0556. The topological polar surface area (TPSA) is 63.5 Å². The van der Waals surface area contributed by atoms with Crippen LogP contribution in [0.2, 0.25) is 0 Å². The molecule has 9 heteroatoms. The van der Waals surface area contributed by atoms with Crippen molar-refractivity contribution in [3.05, 3.63) is 82.0 Å². The highest BCUT2D eigenvalue weighted by atomic mass is 79.9. The maximum Gasteiger partial charge on any atom is 0.305 e. The fourth-order valence-electron chi connectivity index (χ4n) is 2.10. The second-order valence-corrected chi connectivity index (χ2v) is 6.23. The second-order valence-electron chi connectivity index (χ2n) is 5.31. The Morgan fingerprint density at radius 1 is 1.07 bits per heavy atom. The molecule has 1 amide bonds. The lowest BCUT2D eigenvalue weighted by Gasteiger charge is -2.09. The zero-order valence-electron chi connectivity index (χ0n) is 13.6. The number of anilines is 1. The Kier molecular flexibility index (Phi) is 5.70. The summed E-state index contributed by atoms with van der Waals surface area (Å²) in [6.07, 6.45) is 0. The van der Waals surface area contributed by atoms with Gasteiger partial charge in [0.15, 0.2) is 23.2 Å². The second kappa shape index (κ2) is 8.17. The Morgan fingerprint density at radius 3 is 2.67 bits per heavy atom. The minimum Gasteiger partial charge on any atom is -0.486 e. The molecule has 0 aliphatic rings. The van der Waals surface area contributed by atoms with Gasteiger partial charge in [-0.2, -0.15) is 0 Å². The van der Waals surface area contributed by atoms with Crippen LogP contribution in [0, 0.1) is 17.5 Å². The molecule has 1 aromatic heterocycles. The van der Waals surface area contributed by atoms with Crippen LogP contribution in [0.5, 0.6) is 5.75 Å². The molecule has 0 aliphatic heterocycles. The summed E-state index contributed by atoms with van der Waals surface area (Å²) in [5, 5.41) is 0. The summed E-state index contributed by atoms with van der Waals surface area (Å²) in [4.78, 5) is 12.0. The van der Waals surface area contributed by atoms with E-state index < -0.39 is 29.0 Å². The average molecular weight is 441 g/mol. The van der Waals surface area contributed by atoms with E-state index in [0.717, 1.165) is 16.6 Å². The van der Waals surface area contributed by atoms with Crippen molar-refractivity contribution in [1.29, 1.82) is 0 Å². The van der Waals surface area contributed by atoms with Gasteiger partial charge in [0.25, 0.3) is 0 Å². The average Bonchev–Trinajstić information content (AvgIpc) is 3.13. The molecule has 2 aromatic carbocycles. The molecule has 5 nitrogen and oxygen atoms in total. The van der Waals surface area contributed by atoms with Crippen LogP contribution in [-0.2, 0) is 6.61 Å². The van der Waals surface area contributed by atoms with Crippen molar-refractivity contribution in [2.75, 3.05) is 5.43 Å². The molecule has 2 N–H and O–H groups in total. The van der Waals surface area contributed by atoms with E-state index in [2.05, 4.69) is 26.8 Å². The number of rotatable bonds is 6. The quantitative estimate of drug-likeness (QED) is 0.427. The Labute approximate surface area is 160 Å². The third-order valence-corrected chi connectivity index (χ3v) is 3.90. The van der Waals surface area contributed by atoms with Gasteiger partial charge in [0, 0.05) is 4.47 Å². The Balaban J connectivity index is 1.58. The van der Waals surface area contributed by atoms with Crippen LogP contribution in [0.15, 0.2) is 57.4 Å². The number of hydrogen-bond acceptors (Lipinski definition) is 4. The van der Waals surface area contributed by atoms with Crippen LogP contribution < -0.4 is 15.6 Å². The van der Waals surface area contributed by atoms with Gasteiger partial charge in [0.1, 0.15) is 18.1 Å². The van der Waals surface area contributed by atoms with Crippen LogP contribution in [0.4, 0.5) is 18.9 Å². The molecule has 27 heavy (non-hydrogen) atoms. The van der Waals surface area contributed by atoms with E-state index in [4.69, 9.17) is 9.15 Å². The summed E-state index contributed by atoms with van der Waals surface area (Å²) < 4.78 is 51.3. The van der Waals surface area contributed by atoms with Gasteiger partial charge in [-0.15, -0.1) is 0 Å². The van der Waals surface area contributed by atoms with Gasteiger partial charge in [0.05, 0.1) is 5.69 Å². The van der Waals surface area contributed by atoms with Crippen molar-refractivity contribution < 1.29 is 27.1 Å². The molecule has 0 saturated heterocycles. The van der Waals surface area contributed by atoms with E-state index in [1.165, 1.54) is 6.07 Å². The Hall–Kier alpha value is -2.94. The summed E-state index contributed by atoms with van der Waals surface area (Å²) in [6, 6.07) is 11.8. The minimum atomic E-state index is -1.64. The van der Waals surface area contributed by atoms with E-state index in [1.54, 1.807) is 18.2 Å². The first-order valence-corrected chi connectivity index (χ1v) is 8.40. The molecule has 140 valence electrons. The van der Waals surface area contributed by atoms with Gasteiger partial charge < -0.3 is 9.15 Å². The third kappa shape index (κ3) is 4.62. The van der Waals surface area contributed by atoms with Crippen molar-refractivity contribution in [3.63, 3.8) is 0 Å². The standard InChI is InChI=1S/C18H12BrF3N2O3/c19-10-2-1-3-11(8-10)26-9-12-4-7-15(27-12)18(25)24-23-14-6-5-13(20)16(21)17(14)22/h1-8,23H,9H2,(H,24,25). The maximum atomic E-state index is 13.5. The van der Waals surface area contributed by atoms with E-state index in [1.807, 2.05) is 12.1 Å². The van der Waals surface area contributed by atoms with Crippen molar-refractivity contribution in [2.24, 2.45) is 0 Å². The van der Waals surface area contributed by atoms with E-state index >= 15 is 0 Å². The minimum absolute atomic E-state index is 0.0710. The van der Waals surface area contributed by atoms with Gasteiger partial charge in [-0.3, -0.25) is 15.6 Å². The summed E-state index contributed by atoms with van der Waals surface area (Å²) in [5.41, 5.74) is 3.89.